The molecule has 0 saturated carbocycles. The van der Waals surface area contributed by atoms with Crippen LogP contribution < -0.4 is 11.1 Å². The quantitative estimate of drug-likeness (QED) is 0.886. The highest BCUT2D eigenvalue weighted by molar-refractivity contribution is 6.42. The van der Waals surface area contributed by atoms with Crippen molar-refractivity contribution in [1.29, 1.82) is 0 Å². The molecule has 4 heteroatoms. The van der Waals surface area contributed by atoms with E-state index in [0.29, 0.717) is 16.1 Å². The Balaban J connectivity index is 2.35. The molecule has 2 atom stereocenters. The second-order valence-electron chi connectivity index (χ2n) is 4.67. The van der Waals surface area contributed by atoms with E-state index in [2.05, 4.69) is 12.2 Å². The summed E-state index contributed by atoms with van der Waals surface area (Å²) in [4.78, 5) is 0. The van der Waals surface area contributed by atoms with E-state index in [1.165, 1.54) is 6.42 Å². The maximum atomic E-state index is 6.58. The fourth-order valence-electron chi connectivity index (χ4n) is 2.56. The summed E-state index contributed by atoms with van der Waals surface area (Å²) in [6.07, 6.45) is 3.18. The zero-order chi connectivity index (χ0) is 12.5. The maximum Gasteiger partial charge on any atom is 0.0595 e. The van der Waals surface area contributed by atoms with Crippen LogP contribution in [-0.2, 0) is 5.54 Å². The van der Waals surface area contributed by atoms with Gasteiger partial charge in [-0.05, 0) is 43.5 Å². The van der Waals surface area contributed by atoms with E-state index in [9.17, 15) is 0 Å². The summed E-state index contributed by atoms with van der Waals surface area (Å²) >= 11 is 12.0. The number of hydrogen-bond acceptors (Lipinski definition) is 2. The third-order valence-electron chi connectivity index (χ3n) is 3.72. The predicted octanol–water partition coefficient (Wildman–Crippen LogP) is 3.31. The third-order valence-corrected chi connectivity index (χ3v) is 4.46. The number of nitrogens with two attached hydrogens (primary N) is 1. The highest BCUT2D eigenvalue weighted by atomic mass is 35.5. The van der Waals surface area contributed by atoms with Crippen LogP contribution in [0.4, 0.5) is 0 Å². The molecule has 0 amide bonds. The Morgan fingerprint density at radius 2 is 2.18 bits per heavy atom. The van der Waals surface area contributed by atoms with Gasteiger partial charge >= 0.3 is 0 Å². The second-order valence-corrected chi connectivity index (χ2v) is 5.49. The highest BCUT2D eigenvalue weighted by Gasteiger charge is 2.36. The monoisotopic (exact) mass is 272 g/mol. The highest BCUT2D eigenvalue weighted by Crippen LogP contribution is 2.34. The largest absolute Gasteiger partial charge is 0.320 e. The normalized spacial score (nSPS) is 23.6. The molecule has 3 N–H and O–H groups in total. The average Bonchev–Trinajstić information content (AvgIpc) is 2.86. The molecular formula is C13H18Cl2N2. The average molecular weight is 273 g/mol. The number of hydrogen-bond donors (Lipinski definition) is 2. The van der Waals surface area contributed by atoms with Crippen molar-refractivity contribution < 1.29 is 0 Å². The second kappa shape index (κ2) is 5.15. The molecule has 0 aliphatic carbocycles. The molecule has 1 aromatic rings. The van der Waals surface area contributed by atoms with Gasteiger partial charge in [-0.1, -0.05) is 36.2 Å². The Kier molecular flexibility index (Phi) is 3.99. The van der Waals surface area contributed by atoms with Crippen molar-refractivity contribution in [2.24, 2.45) is 5.73 Å². The van der Waals surface area contributed by atoms with Crippen molar-refractivity contribution in [1.82, 2.24) is 5.32 Å². The molecule has 1 aliphatic heterocycles. The molecule has 0 radical (unpaired) electrons. The molecule has 1 aliphatic rings. The minimum absolute atomic E-state index is 0.324. The summed E-state index contributed by atoms with van der Waals surface area (Å²) < 4.78 is 0. The summed E-state index contributed by atoms with van der Waals surface area (Å²) in [5.74, 6) is 0. The fourth-order valence-corrected chi connectivity index (χ4v) is 2.86. The first-order chi connectivity index (χ1) is 8.08. The van der Waals surface area contributed by atoms with Gasteiger partial charge in [-0.2, -0.15) is 0 Å². The molecular weight excluding hydrogens is 255 g/mol. The van der Waals surface area contributed by atoms with Gasteiger partial charge in [0.25, 0.3) is 0 Å². The lowest BCUT2D eigenvalue weighted by molar-refractivity contribution is 0.315. The van der Waals surface area contributed by atoms with Crippen molar-refractivity contribution in [2.45, 2.75) is 37.8 Å². The minimum atomic E-state index is -0.356. The molecule has 2 rings (SSSR count). The Morgan fingerprint density at radius 1 is 1.41 bits per heavy atom. The Hall–Kier alpha value is -0.280. The van der Waals surface area contributed by atoms with Gasteiger partial charge in [-0.3, -0.25) is 0 Å². The van der Waals surface area contributed by atoms with Crippen LogP contribution >= 0.6 is 23.2 Å². The van der Waals surface area contributed by atoms with Gasteiger partial charge in [0.2, 0.25) is 0 Å². The maximum absolute atomic E-state index is 6.58. The number of halogens is 2. The zero-order valence-corrected chi connectivity index (χ0v) is 11.5. The SMILES string of the molecule is CCC(N)(c1ccc(Cl)c(Cl)c1)[C@@H]1CCCN1. The summed E-state index contributed by atoms with van der Waals surface area (Å²) in [6, 6.07) is 6.03. The van der Waals surface area contributed by atoms with Crippen molar-refractivity contribution >= 4 is 23.2 Å². The number of benzene rings is 1. The Morgan fingerprint density at radius 3 is 2.71 bits per heavy atom. The standard InChI is InChI=1S/C13H18Cl2N2/c1-2-13(16,12-4-3-7-17-12)9-5-6-10(14)11(15)8-9/h5-6,8,12,17H,2-4,7,16H2,1H3/t12-,13?/m0/s1. The van der Waals surface area contributed by atoms with Crippen LogP contribution in [0.25, 0.3) is 0 Å². The molecule has 2 nitrogen and oxygen atoms in total. The molecule has 1 heterocycles. The first-order valence-corrected chi connectivity index (χ1v) is 6.81. The van der Waals surface area contributed by atoms with Gasteiger partial charge < -0.3 is 11.1 Å². The molecule has 17 heavy (non-hydrogen) atoms. The van der Waals surface area contributed by atoms with E-state index in [4.69, 9.17) is 28.9 Å². The predicted molar refractivity (Wildman–Crippen MR) is 73.6 cm³/mol. The van der Waals surface area contributed by atoms with Crippen LogP contribution in [-0.4, -0.2) is 12.6 Å². The lowest BCUT2D eigenvalue weighted by atomic mass is 9.80. The minimum Gasteiger partial charge on any atom is -0.320 e. The summed E-state index contributed by atoms with van der Waals surface area (Å²) in [5, 5.41) is 4.63. The van der Waals surface area contributed by atoms with Crippen molar-refractivity contribution in [3.8, 4) is 0 Å². The van der Waals surface area contributed by atoms with Crippen LogP contribution in [0.1, 0.15) is 31.7 Å². The molecule has 1 fully saturated rings. The van der Waals surface area contributed by atoms with E-state index in [-0.39, 0.29) is 5.54 Å². The van der Waals surface area contributed by atoms with E-state index in [1.54, 1.807) is 0 Å². The smallest absolute Gasteiger partial charge is 0.0595 e. The first-order valence-electron chi connectivity index (χ1n) is 6.05. The van der Waals surface area contributed by atoms with Gasteiger partial charge in [0.15, 0.2) is 0 Å². The van der Waals surface area contributed by atoms with E-state index >= 15 is 0 Å². The van der Waals surface area contributed by atoms with E-state index < -0.39 is 0 Å². The van der Waals surface area contributed by atoms with Crippen LogP contribution in [0.2, 0.25) is 10.0 Å². The van der Waals surface area contributed by atoms with Crippen molar-refractivity contribution in [3.05, 3.63) is 33.8 Å². The summed E-state index contributed by atoms with van der Waals surface area (Å²) in [5.41, 5.74) is 7.29. The molecule has 1 unspecified atom stereocenters. The fraction of sp³-hybridized carbons (Fsp3) is 0.538. The van der Waals surface area contributed by atoms with Crippen LogP contribution in [0.3, 0.4) is 0 Å². The summed E-state index contributed by atoms with van der Waals surface area (Å²) in [7, 11) is 0. The first kappa shape index (κ1) is 13.2. The molecule has 0 spiro atoms. The molecule has 94 valence electrons. The van der Waals surface area contributed by atoms with E-state index in [1.807, 2.05) is 18.2 Å². The van der Waals surface area contributed by atoms with Gasteiger partial charge in [0.1, 0.15) is 0 Å². The van der Waals surface area contributed by atoms with Gasteiger partial charge in [0.05, 0.1) is 15.6 Å². The molecule has 1 saturated heterocycles. The van der Waals surface area contributed by atoms with Crippen LogP contribution in [0, 0.1) is 0 Å². The van der Waals surface area contributed by atoms with Crippen LogP contribution in [0.15, 0.2) is 18.2 Å². The zero-order valence-electron chi connectivity index (χ0n) is 9.97. The number of nitrogens with one attached hydrogen (secondary N) is 1. The third kappa shape index (κ3) is 2.45. The molecule has 0 aromatic heterocycles. The van der Waals surface area contributed by atoms with Gasteiger partial charge in [-0.15, -0.1) is 0 Å². The molecule has 1 aromatic carbocycles. The molecule has 0 bridgehead atoms. The lowest BCUT2D eigenvalue weighted by Crippen LogP contribution is -2.51. The Bertz CT molecular complexity index is 402. The number of rotatable bonds is 3. The summed E-state index contributed by atoms with van der Waals surface area (Å²) in [6.45, 7) is 3.16. The van der Waals surface area contributed by atoms with E-state index in [0.717, 1.165) is 24.9 Å². The van der Waals surface area contributed by atoms with Gasteiger partial charge in [0, 0.05) is 6.04 Å². The Labute approximate surface area is 112 Å². The van der Waals surface area contributed by atoms with Crippen molar-refractivity contribution in [2.75, 3.05) is 6.54 Å². The van der Waals surface area contributed by atoms with Crippen LogP contribution in [0.5, 0.6) is 0 Å². The lowest BCUT2D eigenvalue weighted by Gasteiger charge is -2.35. The topological polar surface area (TPSA) is 38.0 Å². The van der Waals surface area contributed by atoms with Crippen molar-refractivity contribution in [3.63, 3.8) is 0 Å². The van der Waals surface area contributed by atoms with Gasteiger partial charge in [-0.25, -0.2) is 0 Å².